The Balaban J connectivity index is 2.03. The van der Waals surface area contributed by atoms with Crippen molar-refractivity contribution in [3.63, 3.8) is 0 Å². The van der Waals surface area contributed by atoms with E-state index in [2.05, 4.69) is 31.2 Å². The molecule has 3 heteroatoms. The summed E-state index contributed by atoms with van der Waals surface area (Å²) in [5.74, 6) is 0. The van der Waals surface area contributed by atoms with Crippen molar-refractivity contribution in [1.29, 1.82) is 0 Å². The van der Waals surface area contributed by atoms with Gasteiger partial charge in [0.15, 0.2) is 0 Å². The summed E-state index contributed by atoms with van der Waals surface area (Å²) in [5, 5.41) is 0.394. The van der Waals surface area contributed by atoms with Crippen LogP contribution in [0.4, 0.5) is 0 Å². The van der Waals surface area contributed by atoms with Gasteiger partial charge in [-0.15, -0.1) is 0 Å². The fourth-order valence-electron chi connectivity index (χ4n) is 2.81. The Morgan fingerprint density at radius 2 is 1.74 bits per heavy atom. The first-order valence-electron chi connectivity index (χ1n) is 7.31. The number of rotatable bonds is 4. The van der Waals surface area contributed by atoms with Crippen molar-refractivity contribution in [2.75, 3.05) is 0 Å². The van der Waals surface area contributed by atoms with Crippen LogP contribution in [-0.2, 0) is 10.8 Å². The molecule has 106 valence electrons. The van der Waals surface area contributed by atoms with Crippen LogP contribution in [0.2, 0.25) is 0 Å². The monoisotopic (exact) mass is 279 g/mol. The lowest BCUT2D eigenvalue weighted by Gasteiger charge is -2.27. The molecule has 0 heterocycles. The second kappa shape index (κ2) is 6.67. The van der Waals surface area contributed by atoms with E-state index in [1.54, 1.807) is 0 Å². The van der Waals surface area contributed by atoms with Gasteiger partial charge < -0.3 is 5.73 Å². The van der Waals surface area contributed by atoms with E-state index in [0.717, 1.165) is 18.4 Å². The zero-order valence-electron chi connectivity index (χ0n) is 12.0. The van der Waals surface area contributed by atoms with Crippen LogP contribution in [-0.4, -0.2) is 14.7 Å². The number of hydrogen-bond acceptors (Lipinski definition) is 2. The molecule has 1 aliphatic rings. The Kier molecular flexibility index (Phi) is 5.17. The summed E-state index contributed by atoms with van der Waals surface area (Å²) in [6.07, 6.45) is 5.97. The van der Waals surface area contributed by atoms with Crippen LogP contribution >= 0.6 is 0 Å². The maximum Gasteiger partial charge on any atom is 0.0515 e. The molecule has 0 radical (unpaired) electrons. The summed E-state index contributed by atoms with van der Waals surface area (Å²) >= 11 is 0. The van der Waals surface area contributed by atoms with Crippen LogP contribution in [0.15, 0.2) is 24.3 Å². The van der Waals surface area contributed by atoms with Gasteiger partial charge in [-0.2, -0.15) is 0 Å². The standard InChI is InChI=1S/C16H25NOS/c1-12-8-10-14(11-9-12)16(17)13(2)19(18)15-6-4-3-5-7-15/h8-11,13,15-16H,3-7,17H2,1-2H3. The second-order valence-electron chi connectivity index (χ2n) is 5.73. The molecule has 2 nitrogen and oxygen atoms in total. The summed E-state index contributed by atoms with van der Waals surface area (Å²) in [7, 11) is -0.812. The molecule has 0 spiro atoms. The highest BCUT2D eigenvalue weighted by molar-refractivity contribution is 7.86. The topological polar surface area (TPSA) is 43.1 Å². The van der Waals surface area contributed by atoms with Gasteiger partial charge in [-0.05, 0) is 32.3 Å². The predicted octanol–water partition coefficient (Wildman–Crippen LogP) is 3.46. The molecular formula is C16H25NOS. The first kappa shape index (κ1) is 14.7. The van der Waals surface area contributed by atoms with Crippen molar-refractivity contribution < 1.29 is 4.21 Å². The van der Waals surface area contributed by atoms with Crippen LogP contribution in [0.1, 0.15) is 56.2 Å². The van der Waals surface area contributed by atoms with Crippen molar-refractivity contribution in [1.82, 2.24) is 0 Å². The van der Waals surface area contributed by atoms with Crippen LogP contribution in [0.25, 0.3) is 0 Å². The van der Waals surface area contributed by atoms with E-state index in [1.807, 2.05) is 6.92 Å². The molecule has 0 aliphatic heterocycles. The molecule has 0 saturated heterocycles. The van der Waals surface area contributed by atoms with Gasteiger partial charge in [0.25, 0.3) is 0 Å². The fraction of sp³-hybridized carbons (Fsp3) is 0.625. The van der Waals surface area contributed by atoms with E-state index < -0.39 is 10.8 Å². The average Bonchev–Trinajstić information content (AvgIpc) is 2.46. The molecule has 1 aliphatic carbocycles. The minimum Gasteiger partial charge on any atom is -0.323 e. The lowest BCUT2D eigenvalue weighted by Crippen LogP contribution is -2.34. The zero-order valence-corrected chi connectivity index (χ0v) is 12.8. The first-order chi connectivity index (χ1) is 9.09. The minimum absolute atomic E-state index is 0.0332. The van der Waals surface area contributed by atoms with Crippen molar-refractivity contribution in [2.24, 2.45) is 5.73 Å². The lowest BCUT2D eigenvalue weighted by atomic mass is 10.0. The number of hydrogen-bond donors (Lipinski definition) is 1. The zero-order chi connectivity index (χ0) is 13.8. The lowest BCUT2D eigenvalue weighted by molar-refractivity contribution is 0.499. The van der Waals surface area contributed by atoms with Gasteiger partial charge in [0.05, 0.1) is 5.25 Å². The summed E-state index contributed by atoms with van der Waals surface area (Å²) < 4.78 is 12.6. The smallest absolute Gasteiger partial charge is 0.0515 e. The van der Waals surface area contributed by atoms with Gasteiger partial charge in [-0.25, -0.2) is 0 Å². The summed E-state index contributed by atoms with van der Waals surface area (Å²) in [5.41, 5.74) is 8.64. The summed E-state index contributed by atoms with van der Waals surface area (Å²) in [6.45, 7) is 4.11. The molecular weight excluding hydrogens is 254 g/mol. The third kappa shape index (κ3) is 3.67. The quantitative estimate of drug-likeness (QED) is 0.917. The van der Waals surface area contributed by atoms with Gasteiger partial charge in [-0.3, -0.25) is 4.21 Å². The first-order valence-corrected chi connectivity index (χ1v) is 8.58. The van der Waals surface area contributed by atoms with E-state index in [0.29, 0.717) is 5.25 Å². The van der Waals surface area contributed by atoms with E-state index in [9.17, 15) is 4.21 Å². The normalized spacial score (nSPS) is 21.8. The van der Waals surface area contributed by atoms with Crippen molar-refractivity contribution in [3.05, 3.63) is 35.4 Å². The van der Waals surface area contributed by atoms with Crippen LogP contribution in [0.3, 0.4) is 0 Å². The third-order valence-electron chi connectivity index (χ3n) is 4.22. The van der Waals surface area contributed by atoms with Crippen LogP contribution in [0.5, 0.6) is 0 Å². The molecule has 3 unspecified atom stereocenters. The Morgan fingerprint density at radius 3 is 2.32 bits per heavy atom. The van der Waals surface area contributed by atoms with E-state index >= 15 is 0 Å². The molecule has 3 atom stereocenters. The number of aryl methyl sites for hydroxylation is 1. The Morgan fingerprint density at radius 1 is 1.16 bits per heavy atom. The highest BCUT2D eigenvalue weighted by Gasteiger charge is 2.28. The van der Waals surface area contributed by atoms with Crippen molar-refractivity contribution in [3.8, 4) is 0 Å². The van der Waals surface area contributed by atoms with Gasteiger partial charge in [0, 0.05) is 22.1 Å². The van der Waals surface area contributed by atoms with Crippen LogP contribution in [0, 0.1) is 6.92 Å². The van der Waals surface area contributed by atoms with Gasteiger partial charge in [0.2, 0.25) is 0 Å². The molecule has 0 amide bonds. The molecule has 1 saturated carbocycles. The Hall–Kier alpha value is -0.670. The Labute approximate surface area is 119 Å². The highest BCUT2D eigenvalue weighted by atomic mass is 32.2. The highest BCUT2D eigenvalue weighted by Crippen LogP contribution is 2.27. The third-order valence-corrected chi connectivity index (χ3v) is 6.37. The Bertz CT molecular complexity index is 423. The summed E-state index contributed by atoms with van der Waals surface area (Å²) in [6, 6.07) is 8.16. The molecule has 1 fully saturated rings. The van der Waals surface area contributed by atoms with Crippen molar-refractivity contribution in [2.45, 2.75) is 62.5 Å². The van der Waals surface area contributed by atoms with Crippen LogP contribution < -0.4 is 5.73 Å². The average molecular weight is 279 g/mol. The largest absolute Gasteiger partial charge is 0.323 e. The molecule has 2 rings (SSSR count). The van der Waals surface area contributed by atoms with Gasteiger partial charge in [0.1, 0.15) is 0 Å². The fourth-order valence-corrected chi connectivity index (χ4v) is 4.66. The number of benzene rings is 1. The van der Waals surface area contributed by atoms with Gasteiger partial charge in [-0.1, -0.05) is 49.1 Å². The molecule has 0 bridgehead atoms. The maximum atomic E-state index is 12.6. The maximum absolute atomic E-state index is 12.6. The SMILES string of the molecule is Cc1ccc(C(N)C(C)S(=O)C2CCCCC2)cc1. The predicted molar refractivity (Wildman–Crippen MR) is 82.6 cm³/mol. The molecule has 1 aromatic carbocycles. The molecule has 0 aromatic heterocycles. The minimum atomic E-state index is -0.812. The molecule has 2 N–H and O–H groups in total. The molecule has 19 heavy (non-hydrogen) atoms. The van der Waals surface area contributed by atoms with E-state index in [-0.39, 0.29) is 11.3 Å². The molecule has 1 aromatic rings. The van der Waals surface area contributed by atoms with E-state index in [1.165, 1.54) is 24.8 Å². The second-order valence-corrected chi connectivity index (χ2v) is 7.80. The summed E-state index contributed by atoms with van der Waals surface area (Å²) in [4.78, 5) is 0. The van der Waals surface area contributed by atoms with Gasteiger partial charge >= 0.3 is 0 Å². The number of nitrogens with two attached hydrogens (primary N) is 1. The van der Waals surface area contributed by atoms with E-state index in [4.69, 9.17) is 5.73 Å². The van der Waals surface area contributed by atoms with Crippen molar-refractivity contribution >= 4 is 10.8 Å².